The second-order valence-electron chi connectivity index (χ2n) is 8.81. The first-order valence-electron chi connectivity index (χ1n) is 11.5. The molecule has 8 nitrogen and oxygen atoms in total. The molecular formula is C25H23F3N6O2. The van der Waals surface area contributed by atoms with Crippen molar-refractivity contribution < 1.29 is 17.7 Å². The van der Waals surface area contributed by atoms with Crippen LogP contribution in [0.5, 0.6) is 0 Å². The molecule has 1 aliphatic rings. The molecule has 0 spiro atoms. The lowest BCUT2D eigenvalue weighted by molar-refractivity contribution is 0.261. The number of likely N-dealkylation sites (tertiary alicyclic amines) is 1. The van der Waals surface area contributed by atoms with Crippen LogP contribution in [0.4, 0.5) is 19.2 Å². The first-order valence-corrected chi connectivity index (χ1v) is 11.5. The van der Waals surface area contributed by atoms with Crippen LogP contribution in [0.3, 0.4) is 0 Å². The predicted octanol–water partition coefficient (Wildman–Crippen LogP) is 3.93. The van der Waals surface area contributed by atoms with Crippen LogP contribution in [-0.4, -0.2) is 51.0 Å². The number of nitrogens with one attached hydrogen (secondary N) is 1. The Morgan fingerprint density at radius 3 is 2.53 bits per heavy atom. The molecule has 2 aromatic heterocycles. The number of hydrogen-bond donors (Lipinski definition) is 1. The van der Waals surface area contributed by atoms with E-state index in [-0.39, 0.29) is 23.8 Å². The molecule has 36 heavy (non-hydrogen) atoms. The van der Waals surface area contributed by atoms with Gasteiger partial charge in [0.1, 0.15) is 0 Å². The van der Waals surface area contributed by atoms with Crippen LogP contribution in [0.25, 0.3) is 22.6 Å². The van der Waals surface area contributed by atoms with Gasteiger partial charge in [0, 0.05) is 23.2 Å². The number of anilines is 1. The molecule has 1 N–H and O–H groups in total. The second-order valence-corrected chi connectivity index (χ2v) is 8.81. The lowest BCUT2D eigenvalue weighted by Gasteiger charge is -2.28. The first kappa shape index (κ1) is 23.7. The normalized spacial score (nSPS) is 14.8. The summed E-state index contributed by atoms with van der Waals surface area (Å²) in [6, 6.07) is 12.1. The minimum atomic E-state index is -1.56. The van der Waals surface area contributed by atoms with Gasteiger partial charge in [-0.2, -0.15) is 10.1 Å². The molecule has 5 rings (SSSR count). The Labute approximate surface area is 204 Å². The van der Waals surface area contributed by atoms with Gasteiger partial charge < -0.3 is 14.7 Å². The van der Waals surface area contributed by atoms with Crippen LogP contribution in [0.2, 0.25) is 0 Å². The van der Waals surface area contributed by atoms with E-state index in [1.807, 2.05) is 12.1 Å². The molecule has 1 saturated heterocycles. The summed E-state index contributed by atoms with van der Waals surface area (Å²) in [4.78, 5) is 19.1. The average molecular weight is 496 g/mol. The van der Waals surface area contributed by atoms with Crippen LogP contribution < -0.4 is 10.9 Å². The number of hydrogen-bond acceptors (Lipinski definition) is 7. The highest BCUT2D eigenvalue weighted by molar-refractivity contribution is 5.59. The highest BCUT2D eigenvalue weighted by Crippen LogP contribution is 2.23. The summed E-state index contributed by atoms with van der Waals surface area (Å²) in [5.41, 5.74) is 1.16. The molecule has 2 aromatic carbocycles. The molecule has 11 heteroatoms. The lowest BCUT2D eigenvalue weighted by Crippen LogP contribution is -2.36. The molecule has 0 unspecified atom stereocenters. The maximum atomic E-state index is 13.7. The van der Waals surface area contributed by atoms with Crippen molar-refractivity contribution in [2.24, 2.45) is 0 Å². The number of aromatic nitrogens is 4. The molecule has 0 aliphatic carbocycles. The standard InChI is InChI=1S/C25H23F3N6O2/c1-33-9-7-18(8-10-33)29-25-30-24(32-36-25)16-4-2-3-15(11-16)14-34-22(35)6-5-21(31-34)17-12-19(26)23(28)20(27)13-17/h2-6,11-13,18H,7-10,14H2,1H3,(H,29,30,32). The van der Waals surface area contributed by atoms with Gasteiger partial charge in [-0.25, -0.2) is 17.9 Å². The Kier molecular flexibility index (Phi) is 6.55. The zero-order valence-corrected chi connectivity index (χ0v) is 19.4. The van der Waals surface area contributed by atoms with Crippen molar-refractivity contribution in [3.8, 4) is 22.6 Å². The fraction of sp³-hybridized carbons (Fsp3) is 0.280. The summed E-state index contributed by atoms with van der Waals surface area (Å²) >= 11 is 0. The molecule has 0 saturated carbocycles. The van der Waals surface area contributed by atoms with Crippen LogP contribution >= 0.6 is 0 Å². The Balaban J connectivity index is 1.34. The second kappa shape index (κ2) is 9.94. The van der Waals surface area contributed by atoms with Gasteiger partial charge in [0.25, 0.3) is 5.56 Å². The van der Waals surface area contributed by atoms with E-state index < -0.39 is 23.0 Å². The summed E-state index contributed by atoms with van der Waals surface area (Å²) in [5.74, 6) is -3.82. The molecule has 4 aromatic rings. The molecule has 0 amide bonds. The number of benzene rings is 2. The number of nitrogens with zero attached hydrogens (tertiary/aromatic N) is 5. The third kappa shape index (κ3) is 5.15. The summed E-state index contributed by atoms with van der Waals surface area (Å²) in [7, 11) is 2.09. The van der Waals surface area contributed by atoms with Gasteiger partial charge in [-0.05, 0) is 62.8 Å². The SMILES string of the molecule is CN1CCC(Nc2nc(-c3cccc(Cn4nc(-c5cc(F)c(F)c(F)c5)ccc4=O)c3)no2)CC1. The molecule has 0 radical (unpaired) electrons. The van der Waals surface area contributed by atoms with E-state index in [9.17, 15) is 18.0 Å². The topological polar surface area (TPSA) is 89.1 Å². The average Bonchev–Trinajstić information content (AvgIpc) is 3.34. The Bertz CT molecular complexity index is 1420. The van der Waals surface area contributed by atoms with Crippen molar-refractivity contribution in [2.45, 2.75) is 25.4 Å². The number of piperidine rings is 1. The monoisotopic (exact) mass is 496 g/mol. The third-order valence-electron chi connectivity index (χ3n) is 6.14. The zero-order chi connectivity index (χ0) is 25.2. The van der Waals surface area contributed by atoms with Gasteiger partial charge in [0.05, 0.1) is 12.2 Å². The van der Waals surface area contributed by atoms with Crippen molar-refractivity contribution in [2.75, 3.05) is 25.5 Å². The lowest BCUT2D eigenvalue weighted by atomic mass is 10.1. The number of rotatable bonds is 6. The fourth-order valence-electron chi connectivity index (χ4n) is 4.13. The molecule has 3 heterocycles. The minimum absolute atomic E-state index is 0.0188. The van der Waals surface area contributed by atoms with E-state index in [0.29, 0.717) is 17.4 Å². The molecule has 0 atom stereocenters. The summed E-state index contributed by atoms with van der Waals surface area (Å²) in [5, 5.41) is 11.6. The molecule has 0 bridgehead atoms. The van der Waals surface area contributed by atoms with Crippen LogP contribution in [0.1, 0.15) is 18.4 Å². The van der Waals surface area contributed by atoms with Gasteiger partial charge >= 0.3 is 6.01 Å². The van der Waals surface area contributed by atoms with Gasteiger partial charge in [0.2, 0.25) is 5.82 Å². The van der Waals surface area contributed by atoms with Crippen LogP contribution in [0.15, 0.2) is 57.8 Å². The van der Waals surface area contributed by atoms with Crippen molar-refractivity contribution in [3.63, 3.8) is 0 Å². The van der Waals surface area contributed by atoms with E-state index in [1.165, 1.54) is 12.1 Å². The van der Waals surface area contributed by atoms with Gasteiger partial charge in [0.15, 0.2) is 17.5 Å². The summed E-state index contributed by atoms with van der Waals surface area (Å²) in [6.07, 6.45) is 1.98. The van der Waals surface area contributed by atoms with Crippen LogP contribution in [0, 0.1) is 17.5 Å². The van der Waals surface area contributed by atoms with E-state index in [1.54, 1.807) is 12.1 Å². The number of halogens is 3. The van der Waals surface area contributed by atoms with Crippen molar-refractivity contribution in [1.82, 2.24) is 24.8 Å². The Morgan fingerprint density at radius 2 is 1.78 bits per heavy atom. The van der Waals surface area contributed by atoms with E-state index in [2.05, 4.69) is 32.5 Å². The highest BCUT2D eigenvalue weighted by Gasteiger charge is 2.19. The van der Waals surface area contributed by atoms with Gasteiger partial charge in [-0.15, -0.1) is 0 Å². The first-order chi connectivity index (χ1) is 17.4. The molecule has 186 valence electrons. The van der Waals surface area contributed by atoms with Crippen LogP contribution in [-0.2, 0) is 6.54 Å². The van der Waals surface area contributed by atoms with E-state index in [0.717, 1.165) is 48.3 Å². The van der Waals surface area contributed by atoms with Gasteiger partial charge in [-0.3, -0.25) is 4.79 Å². The Morgan fingerprint density at radius 1 is 1.03 bits per heavy atom. The van der Waals surface area contributed by atoms with Crippen molar-refractivity contribution in [3.05, 3.63) is 81.9 Å². The summed E-state index contributed by atoms with van der Waals surface area (Å²) < 4.78 is 47.2. The van der Waals surface area contributed by atoms with Crippen molar-refractivity contribution >= 4 is 6.01 Å². The largest absolute Gasteiger partial charge is 0.335 e. The maximum absolute atomic E-state index is 13.7. The minimum Gasteiger partial charge on any atom is -0.335 e. The highest BCUT2D eigenvalue weighted by atomic mass is 19.2. The predicted molar refractivity (Wildman–Crippen MR) is 127 cm³/mol. The zero-order valence-electron chi connectivity index (χ0n) is 19.4. The van der Waals surface area contributed by atoms with Gasteiger partial charge in [-0.1, -0.05) is 23.4 Å². The van der Waals surface area contributed by atoms with E-state index in [4.69, 9.17) is 4.52 Å². The molecule has 1 fully saturated rings. The van der Waals surface area contributed by atoms with E-state index >= 15 is 0 Å². The third-order valence-corrected chi connectivity index (χ3v) is 6.14. The quantitative estimate of drug-likeness (QED) is 0.405. The Hall–Kier alpha value is -3.99. The fourth-order valence-corrected chi connectivity index (χ4v) is 4.13. The maximum Gasteiger partial charge on any atom is 0.322 e. The molecule has 1 aliphatic heterocycles. The molecular weight excluding hydrogens is 473 g/mol. The van der Waals surface area contributed by atoms with Crippen molar-refractivity contribution in [1.29, 1.82) is 0 Å². The smallest absolute Gasteiger partial charge is 0.322 e. The summed E-state index contributed by atoms with van der Waals surface area (Å²) in [6.45, 7) is 2.09.